The Bertz CT molecular complexity index is 1720. The number of nitrogens with zero attached hydrogens (tertiary/aromatic N) is 2. The van der Waals surface area contributed by atoms with Crippen LogP contribution in [-0.4, -0.2) is 66.5 Å². The number of esters is 2. The van der Waals surface area contributed by atoms with E-state index in [1.807, 2.05) is 0 Å². The maximum absolute atomic E-state index is 15.3. The summed E-state index contributed by atoms with van der Waals surface area (Å²) in [5.74, 6) is 3.84. The Morgan fingerprint density at radius 1 is 1.00 bits per heavy atom. The standard InChI is InChI=1S/C48H69N3O4/c1-6-9-37-16-18-42-47-20-19-36(38-22-31(4)15-17-40(38)51-28-33-24-34(29-51)27-50(37)26-33)25-46(47,45(53)54-42)41(23-32(5)14-13-30(2)3)48(47)39-12-7-10-35(11-8-21-49)43(39)44(52)55-48/h7,10,12,18,25,30-34,37-38,40-41H,6,8-9,11,13-17,19-24,26-29,49H2,1-5H3. The van der Waals surface area contributed by atoms with Gasteiger partial charge >= 0.3 is 11.9 Å². The highest BCUT2D eigenvalue weighted by atomic mass is 16.6. The van der Waals surface area contributed by atoms with Gasteiger partial charge in [-0.3, -0.25) is 14.6 Å². The van der Waals surface area contributed by atoms with Gasteiger partial charge in [0.15, 0.2) is 5.60 Å². The first-order valence-electron chi connectivity index (χ1n) is 22.7. The Hall–Kier alpha value is -2.48. The van der Waals surface area contributed by atoms with Gasteiger partial charge in [0.05, 0.1) is 11.0 Å². The Morgan fingerprint density at radius 2 is 1.78 bits per heavy atom. The molecule has 55 heavy (non-hydrogen) atoms. The molecule has 12 rings (SSSR count). The molecule has 11 aliphatic rings. The lowest BCUT2D eigenvalue weighted by Crippen LogP contribution is -2.75. The van der Waals surface area contributed by atoms with Crippen LogP contribution in [0, 0.1) is 52.3 Å². The molecule has 7 nitrogen and oxygen atoms in total. The lowest BCUT2D eigenvalue weighted by Gasteiger charge is -2.69. The van der Waals surface area contributed by atoms with Crippen molar-refractivity contribution in [3.05, 3.63) is 58.4 Å². The zero-order valence-electron chi connectivity index (χ0n) is 34.6. The van der Waals surface area contributed by atoms with Gasteiger partial charge in [-0.25, -0.2) is 4.79 Å². The monoisotopic (exact) mass is 752 g/mol. The van der Waals surface area contributed by atoms with Gasteiger partial charge < -0.3 is 15.2 Å². The van der Waals surface area contributed by atoms with Crippen molar-refractivity contribution in [2.24, 2.45) is 58.0 Å². The second-order valence-corrected chi connectivity index (χ2v) is 20.3. The van der Waals surface area contributed by atoms with Gasteiger partial charge in [-0.1, -0.05) is 83.7 Å². The molecule has 0 aromatic heterocycles. The molecule has 1 aromatic rings. The largest absolute Gasteiger partial charge is 0.449 e. The maximum Gasteiger partial charge on any atom is 0.339 e. The number of piperidine rings is 2. The molecule has 5 fully saturated rings. The SMILES string of the molecule is CCCC1CC=C2OC(=O)C34C=C(CCC23C2(OC(=O)c3c(CCCN)cccc32)C4CC(C)CCC(C)C)C2CC(C)CCC2N2CC3CC(CN1C3)C2. The lowest BCUT2D eigenvalue weighted by atomic mass is 9.31. The highest BCUT2D eigenvalue weighted by Gasteiger charge is 2.91. The van der Waals surface area contributed by atoms with Crippen LogP contribution in [0.1, 0.15) is 140 Å². The molecule has 0 amide bonds. The van der Waals surface area contributed by atoms with E-state index in [9.17, 15) is 4.79 Å². The molecule has 8 aliphatic heterocycles. The number of aryl methyl sites for hydroxylation is 1. The summed E-state index contributed by atoms with van der Waals surface area (Å²) in [6.07, 6.45) is 19.4. The van der Waals surface area contributed by atoms with Crippen LogP contribution in [0.4, 0.5) is 0 Å². The normalized spacial score (nSPS) is 41.8. The first kappa shape index (κ1) is 38.1. The Balaban J connectivity index is 1.26. The van der Waals surface area contributed by atoms with Gasteiger partial charge in [-0.05, 0) is 124 Å². The average Bonchev–Trinajstić information content (AvgIpc) is 3.61. The molecule has 2 saturated carbocycles. The van der Waals surface area contributed by atoms with Gasteiger partial charge in [0.1, 0.15) is 11.2 Å². The van der Waals surface area contributed by atoms with E-state index in [1.54, 1.807) is 0 Å². The van der Waals surface area contributed by atoms with Crippen molar-refractivity contribution in [1.82, 2.24) is 9.80 Å². The van der Waals surface area contributed by atoms with E-state index in [2.05, 4.69) is 74.8 Å². The van der Waals surface area contributed by atoms with Crippen LogP contribution in [0.5, 0.6) is 0 Å². The molecule has 300 valence electrons. The summed E-state index contributed by atoms with van der Waals surface area (Å²) in [6.45, 7) is 17.1. The second-order valence-electron chi connectivity index (χ2n) is 20.3. The van der Waals surface area contributed by atoms with Crippen LogP contribution in [0.2, 0.25) is 0 Å². The van der Waals surface area contributed by atoms with Crippen molar-refractivity contribution in [2.75, 3.05) is 32.7 Å². The van der Waals surface area contributed by atoms with Gasteiger partial charge in [-0.15, -0.1) is 0 Å². The Labute approximate surface area is 331 Å². The van der Waals surface area contributed by atoms with Gasteiger partial charge in [0.2, 0.25) is 0 Å². The summed E-state index contributed by atoms with van der Waals surface area (Å²) in [7, 11) is 0. The molecule has 11 unspecified atom stereocenters. The van der Waals surface area contributed by atoms with Crippen molar-refractivity contribution in [1.29, 1.82) is 0 Å². The summed E-state index contributed by atoms with van der Waals surface area (Å²) in [5, 5.41) is 0. The van der Waals surface area contributed by atoms with Gasteiger partial charge in [0.25, 0.3) is 0 Å². The van der Waals surface area contributed by atoms with Crippen LogP contribution >= 0.6 is 0 Å². The first-order valence-corrected chi connectivity index (χ1v) is 22.7. The number of carbonyl (C=O) groups excluding carboxylic acids is 2. The molecule has 0 radical (unpaired) electrons. The van der Waals surface area contributed by atoms with E-state index in [4.69, 9.17) is 15.2 Å². The number of hydrogen-bond donors (Lipinski definition) is 1. The predicted octanol–water partition coefficient (Wildman–Crippen LogP) is 8.80. The number of carbonyl (C=O) groups is 2. The highest BCUT2D eigenvalue weighted by Crippen LogP contribution is 2.84. The third kappa shape index (κ3) is 5.65. The average molecular weight is 752 g/mol. The molecule has 2 spiro atoms. The number of hydrogen-bond acceptors (Lipinski definition) is 7. The molecule has 8 bridgehead atoms. The smallest absolute Gasteiger partial charge is 0.339 e. The van der Waals surface area contributed by atoms with Crippen LogP contribution in [0.15, 0.2) is 41.7 Å². The van der Waals surface area contributed by atoms with Gasteiger partial charge in [0, 0.05) is 49.7 Å². The zero-order chi connectivity index (χ0) is 38.3. The van der Waals surface area contributed by atoms with E-state index in [0.717, 1.165) is 98.5 Å². The minimum absolute atomic E-state index is 0.0898. The van der Waals surface area contributed by atoms with Crippen LogP contribution in [0.25, 0.3) is 0 Å². The van der Waals surface area contributed by atoms with E-state index in [-0.39, 0.29) is 17.9 Å². The van der Waals surface area contributed by atoms with E-state index in [1.165, 1.54) is 57.4 Å². The fraction of sp³-hybridized carbons (Fsp3) is 0.750. The molecule has 7 heteroatoms. The van der Waals surface area contributed by atoms with Crippen molar-refractivity contribution in [3.8, 4) is 0 Å². The highest BCUT2D eigenvalue weighted by molar-refractivity contribution is 5.99. The molecule has 11 atom stereocenters. The molecule has 8 heterocycles. The summed E-state index contributed by atoms with van der Waals surface area (Å²) >= 11 is 0. The third-order valence-electron chi connectivity index (χ3n) is 16.4. The number of fused-ring (bicyclic) bond motifs is 2. The summed E-state index contributed by atoms with van der Waals surface area (Å²) < 4.78 is 13.9. The lowest BCUT2D eigenvalue weighted by molar-refractivity contribution is -0.274. The summed E-state index contributed by atoms with van der Waals surface area (Å²) in [6, 6.07) is 7.33. The Kier molecular flexibility index (Phi) is 9.97. The molecular formula is C48H69N3O4. The van der Waals surface area contributed by atoms with E-state index < -0.39 is 16.4 Å². The molecule has 3 saturated heterocycles. The first-order chi connectivity index (χ1) is 26.6. The summed E-state index contributed by atoms with van der Waals surface area (Å²) in [5.41, 5.74) is 7.73. The minimum atomic E-state index is -0.945. The summed E-state index contributed by atoms with van der Waals surface area (Å²) in [4.78, 5) is 35.6. The Morgan fingerprint density at radius 3 is 2.53 bits per heavy atom. The molecule has 1 aromatic carbocycles. The van der Waals surface area contributed by atoms with E-state index in [0.29, 0.717) is 42.3 Å². The van der Waals surface area contributed by atoms with Crippen molar-refractivity contribution >= 4 is 11.9 Å². The topological polar surface area (TPSA) is 85.1 Å². The fourth-order valence-corrected chi connectivity index (χ4v) is 14.2. The van der Waals surface area contributed by atoms with Crippen molar-refractivity contribution < 1.29 is 19.1 Å². The molecular weight excluding hydrogens is 683 g/mol. The number of nitrogens with two attached hydrogens (primary N) is 1. The van der Waals surface area contributed by atoms with Crippen LogP contribution in [0.3, 0.4) is 0 Å². The third-order valence-corrected chi connectivity index (χ3v) is 16.4. The van der Waals surface area contributed by atoms with Crippen molar-refractivity contribution in [3.63, 3.8) is 0 Å². The number of ether oxygens (including phenoxy) is 2. The second kappa shape index (κ2) is 14.4. The van der Waals surface area contributed by atoms with Crippen LogP contribution in [-0.2, 0) is 26.3 Å². The van der Waals surface area contributed by atoms with E-state index >= 15 is 4.79 Å². The quantitative estimate of drug-likeness (QED) is 0.189. The number of benzene rings is 1. The van der Waals surface area contributed by atoms with Gasteiger partial charge in [-0.2, -0.15) is 0 Å². The maximum atomic E-state index is 15.3. The zero-order valence-corrected chi connectivity index (χ0v) is 34.6. The molecule has 3 aliphatic carbocycles. The fourth-order valence-electron chi connectivity index (χ4n) is 14.2. The molecule has 2 N–H and O–H groups in total. The predicted molar refractivity (Wildman–Crippen MR) is 217 cm³/mol. The number of rotatable bonds is 10. The van der Waals surface area contributed by atoms with Crippen molar-refractivity contribution in [2.45, 2.75) is 142 Å². The minimum Gasteiger partial charge on any atom is -0.449 e. The van der Waals surface area contributed by atoms with Crippen LogP contribution < -0.4 is 5.73 Å².